The molecule has 2 rings (SSSR count). The minimum atomic E-state index is -3.40. The maximum Gasteiger partial charge on any atom is 0.347 e. The van der Waals surface area contributed by atoms with Gasteiger partial charge in [-0.1, -0.05) is 13.0 Å². The third-order valence-electron chi connectivity index (χ3n) is 3.56. The summed E-state index contributed by atoms with van der Waals surface area (Å²) in [7, 11) is -3.40. The quantitative estimate of drug-likeness (QED) is 0.793. The lowest BCUT2D eigenvalue weighted by molar-refractivity contribution is 0.0700. The molecular formula is C16H18N2O5S2. The van der Waals surface area contributed by atoms with Crippen LogP contribution in [0.1, 0.15) is 50.6 Å². The van der Waals surface area contributed by atoms with Crippen LogP contribution in [0.5, 0.6) is 0 Å². The summed E-state index contributed by atoms with van der Waals surface area (Å²) in [6.07, 6.45) is 0. The van der Waals surface area contributed by atoms with E-state index in [1.807, 2.05) is 0 Å². The van der Waals surface area contributed by atoms with Crippen molar-refractivity contribution >= 4 is 33.1 Å². The number of hydrogen-bond donors (Lipinski definition) is 2. The smallest absolute Gasteiger partial charge is 0.347 e. The molecule has 134 valence electrons. The van der Waals surface area contributed by atoms with E-state index in [4.69, 9.17) is 5.11 Å². The standard InChI is InChI=1S/C16H18N2O5S2/c1-4-25(22,23)12-7-5-6-11(8-12)14(19)17-10(3)15-18-9(2)13(24-15)16(20)21/h5-8,10H,4H2,1-3H3,(H,17,19)(H,20,21). The van der Waals surface area contributed by atoms with E-state index >= 15 is 0 Å². The van der Waals surface area contributed by atoms with Gasteiger partial charge in [-0.2, -0.15) is 0 Å². The molecule has 0 spiro atoms. The second-order valence-corrected chi connectivity index (χ2v) is 8.71. The van der Waals surface area contributed by atoms with E-state index in [-0.39, 0.29) is 21.1 Å². The number of sulfone groups is 1. The van der Waals surface area contributed by atoms with Crippen LogP contribution in [0, 0.1) is 6.92 Å². The first-order valence-corrected chi connectivity index (χ1v) is 9.97. The van der Waals surface area contributed by atoms with Crippen molar-refractivity contribution in [2.45, 2.75) is 31.7 Å². The topological polar surface area (TPSA) is 113 Å². The van der Waals surface area contributed by atoms with E-state index < -0.39 is 27.8 Å². The van der Waals surface area contributed by atoms with E-state index in [1.54, 1.807) is 13.8 Å². The molecule has 2 N–H and O–H groups in total. The van der Waals surface area contributed by atoms with E-state index in [2.05, 4.69) is 10.3 Å². The van der Waals surface area contributed by atoms with Crippen LogP contribution in [0.25, 0.3) is 0 Å². The number of amides is 1. The van der Waals surface area contributed by atoms with E-state index in [0.29, 0.717) is 10.7 Å². The molecule has 0 saturated carbocycles. The van der Waals surface area contributed by atoms with Gasteiger partial charge >= 0.3 is 5.97 Å². The van der Waals surface area contributed by atoms with Crippen molar-refractivity contribution in [2.24, 2.45) is 0 Å². The molecule has 0 aliphatic heterocycles. The molecule has 9 heteroatoms. The van der Waals surface area contributed by atoms with Gasteiger partial charge in [-0.3, -0.25) is 4.79 Å². The van der Waals surface area contributed by atoms with Crippen LogP contribution < -0.4 is 5.32 Å². The van der Waals surface area contributed by atoms with Crippen molar-refractivity contribution < 1.29 is 23.1 Å². The molecule has 0 aliphatic carbocycles. The maximum absolute atomic E-state index is 12.4. The molecule has 7 nitrogen and oxygen atoms in total. The minimum absolute atomic E-state index is 0.0508. The number of carbonyl (C=O) groups excluding carboxylic acids is 1. The van der Waals surface area contributed by atoms with Crippen LogP contribution in [0.2, 0.25) is 0 Å². The Morgan fingerprint density at radius 3 is 2.60 bits per heavy atom. The zero-order chi connectivity index (χ0) is 18.8. The Balaban J connectivity index is 2.21. The summed E-state index contributed by atoms with van der Waals surface area (Å²) in [5, 5.41) is 12.3. The van der Waals surface area contributed by atoms with Gasteiger partial charge in [0.25, 0.3) is 5.91 Å². The average Bonchev–Trinajstić information content (AvgIpc) is 2.97. The molecule has 1 heterocycles. The Hall–Kier alpha value is -2.26. The predicted octanol–water partition coefficient (Wildman–Crippen LogP) is 2.43. The van der Waals surface area contributed by atoms with Gasteiger partial charge in [-0.25, -0.2) is 18.2 Å². The first-order chi connectivity index (χ1) is 11.7. The largest absolute Gasteiger partial charge is 0.477 e. The van der Waals surface area contributed by atoms with Crippen molar-refractivity contribution in [1.29, 1.82) is 0 Å². The number of carboxylic acids is 1. The third kappa shape index (κ3) is 4.23. The van der Waals surface area contributed by atoms with Crippen LogP contribution in [-0.4, -0.2) is 36.1 Å². The Kier molecular flexibility index (Phi) is 5.58. The van der Waals surface area contributed by atoms with Gasteiger partial charge in [0, 0.05) is 5.56 Å². The number of thiazole rings is 1. The summed E-state index contributed by atoms with van der Waals surface area (Å²) in [6, 6.07) is 5.31. The fourth-order valence-corrected chi connectivity index (χ4v) is 3.97. The number of aryl methyl sites for hydroxylation is 1. The first kappa shape index (κ1) is 19.1. The number of nitrogens with one attached hydrogen (secondary N) is 1. The van der Waals surface area contributed by atoms with Crippen molar-refractivity contribution in [3.8, 4) is 0 Å². The Labute approximate surface area is 149 Å². The normalized spacial score (nSPS) is 12.6. The highest BCUT2D eigenvalue weighted by atomic mass is 32.2. The van der Waals surface area contributed by atoms with Crippen molar-refractivity contribution in [1.82, 2.24) is 10.3 Å². The molecule has 0 saturated heterocycles. The van der Waals surface area contributed by atoms with Crippen LogP contribution in [0.3, 0.4) is 0 Å². The van der Waals surface area contributed by atoms with E-state index in [9.17, 15) is 18.0 Å². The summed E-state index contributed by atoms with van der Waals surface area (Å²) in [5.74, 6) is -1.56. The molecule has 0 fully saturated rings. The van der Waals surface area contributed by atoms with Crippen LogP contribution >= 0.6 is 11.3 Å². The highest BCUT2D eigenvalue weighted by Gasteiger charge is 2.20. The molecule has 1 aromatic heterocycles. The lowest BCUT2D eigenvalue weighted by Crippen LogP contribution is -2.26. The molecule has 0 bridgehead atoms. The number of carbonyl (C=O) groups is 2. The van der Waals surface area contributed by atoms with Gasteiger partial charge in [0.1, 0.15) is 9.88 Å². The lowest BCUT2D eigenvalue weighted by Gasteiger charge is -2.12. The van der Waals surface area contributed by atoms with Gasteiger partial charge < -0.3 is 10.4 Å². The van der Waals surface area contributed by atoms with Gasteiger partial charge in [0.05, 0.1) is 22.4 Å². The molecule has 1 atom stereocenters. The molecule has 1 unspecified atom stereocenters. The van der Waals surface area contributed by atoms with Crippen LogP contribution in [0.15, 0.2) is 29.2 Å². The SMILES string of the molecule is CCS(=O)(=O)c1cccc(C(=O)NC(C)c2nc(C)c(C(=O)O)s2)c1. The zero-order valence-electron chi connectivity index (χ0n) is 13.9. The molecule has 1 aromatic carbocycles. The van der Waals surface area contributed by atoms with Crippen molar-refractivity contribution in [2.75, 3.05) is 5.75 Å². The van der Waals surface area contributed by atoms with E-state index in [1.165, 1.54) is 31.2 Å². The summed E-state index contributed by atoms with van der Waals surface area (Å²) >= 11 is 1.00. The number of rotatable bonds is 6. The number of carboxylic acid groups (broad SMARTS) is 1. The van der Waals surface area contributed by atoms with Gasteiger partial charge in [0.2, 0.25) is 0 Å². The first-order valence-electron chi connectivity index (χ1n) is 7.50. The van der Waals surface area contributed by atoms with Gasteiger partial charge in [-0.15, -0.1) is 11.3 Å². The van der Waals surface area contributed by atoms with Crippen molar-refractivity contribution in [3.63, 3.8) is 0 Å². The third-order valence-corrected chi connectivity index (χ3v) is 6.62. The van der Waals surface area contributed by atoms with Crippen LogP contribution in [-0.2, 0) is 9.84 Å². The van der Waals surface area contributed by atoms with Crippen molar-refractivity contribution in [3.05, 3.63) is 45.4 Å². The second kappa shape index (κ2) is 7.32. The number of aromatic carboxylic acids is 1. The Bertz CT molecular complexity index is 918. The monoisotopic (exact) mass is 382 g/mol. The number of aromatic nitrogens is 1. The molecule has 2 aromatic rings. The van der Waals surface area contributed by atoms with Gasteiger partial charge in [0.15, 0.2) is 9.84 Å². The summed E-state index contributed by atoms with van der Waals surface area (Å²) < 4.78 is 23.9. The number of nitrogens with zero attached hydrogens (tertiary/aromatic N) is 1. The molecular weight excluding hydrogens is 364 g/mol. The summed E-state index contributed by atoms with van der Waals surface area (Å²) in [4.78, 5) is 27.9. The summed E-state index contributed by atoms with van der Waals surface area (Å²) in [6.45, 7) is 4.82. The highest BCUT2D eigenvalue weighted by Crippen LogP contribution is 2.24. The lowest BCUT2D eigenvalue weighted by atomic mass is 10.2. The van der Waals surface area contributed by atoms with Crippen LogP contribution in [0.4, 0.5) is 0 Å². The molecule has 25 heavy (non-hydrogen) atoms. The Morgan fingerprint density at radius 2 is 2.04 bits per heavy atom. The Morgan fingerprint density at radius 1 is 1.36 bits per heavy atom. The molecule has 0 radical (unpaired) electrons. The fourth-order valence-electron chi connectivity index (χ4n) is 2.14. The fraction of sp³-hybridized carbons (Fsp3) is 0.312. The number of hydrogen-bond acceptors (Lipinski definition) is 6. The minimum Gasteiger partial charge on any atom is -0.477 e. The second-order valence-electron chi connectivity index (χ2n) is 5.40. The maximum atomic E-state index is 12.4. The molecule has 0 aliphatic rings. The summed E-state index contributed by atoms with van der Waals surface area (Å²) in [5.41, 5.74) is 0.609. The number of benzene rings is 1. The van der Waals surface area contributed by atoms with Gasteiger partial charge in [-0.05, 0) is 32.0 Å². The zero-order valence-corrected chi connectivity index (χ0v) is 15.6. The molecule has 1 amide bonds. The van der Waals surface area contributed by atoms with E-state index in [0.717, 1.165) is 11.3 Å². The average molecular weight is 382 g/mol. The predicted molar refractivity (Wildman–Crippen MR) is 93.9 cm³/mol. The highest BCUT2D eigenvalue weighted by molar-refractivity contribution is 7.91.